The summed E-state index contributed by atoms with van der Waals surface area (Å²) in [6, 6.07) is 15.9. The molecule has 4 rings (SSSR count). The van der Waals surface area contributed by atoms with Crippen molar-refractivity contribution in [2.75, 3.05) is 17.2 Å². The lowest BCUT2D eigenvalue weighted by molar-refractivity contribution is 0.102. The Labute approximate surface area is 190 Å². The Bertz CT molecular complexity index is 1190. The summed E-state index contributed by atoms with van der Waals surface area (Å²) in [5.41, 5.74) is 3.04. The highest BCUT2D eigenvalue weighted by atomic mass is 35.5. The van der Waals surface area contributed by atoms with Gasteiger partial charge in [-0.2, -0.15) is 0 Å². The molecule has 1 unspecified atom stereocenters. The van der Waals surface area contributed by atoms with Crippen LogP contribution in [0.1, 0.15) is 38.8 Å². The van der Waals surface area contributed by atoms with Crippen LogP contribution in [0, 0.1) is 6.92 Å². The fourth-order valence-corrected chi connectivity index (χ4v) is 3.41. The molecule has 2 heterocycles. The van der Waals surface area contributed by atoms with Crippen molar-refractivity contribution in [3.8, 4) is 0 Å². The molecule has 0 saturated carbocycles. The maximum atomic E-state index is 12.9. The zero-order valence-electron chi connectivity index (χ0n) is 17.6. The Morgan fingerprint density at radius 2 is 1.81 bits per heavy atom. The van der Waals surface area contributed by atoms with E-state index in [2.05, 4.69) is 25.9 Å². The van der Waals surface area contributed by atoms with Crippen LogP contribution in [0.3, 0.4) is 0 Å². The minimum Gasteiger partial charge on any atom is -0.368 e. The highest BCUT2D eigenvalue weighted by Gasteiger charge is 2.17. The topological polar surface area (TPSA) is 95.5 Å². The van der Waals surface area contributed by atoms with E-state index in [9.17, 15) is 9.59 Å². The van der Waals surface area contributed by atoms with Gasteiger partial charge in [-0.1, -0.05) is 35.4 Å². The van der Waals surface area contributed by atoms with Gasteiger partial charge in [0.25, 0.3) is 11.8 Å². The van der Waals surface area contributed by atoms with Gasteiger partial charge in [0.15, 0.2) is 0 Å². The predicted molar refractivity (Wildman–Crippen MR) is 127 cm³/mol. The van der Waals surface area contributed by atoms with E-state index in [0.717, 1.165) is 23.5 Å². The summed E-state index contributed by atoms with van der Waals surface area (Å²) in [6.07, 6.45) is 1.45. The van der Waals surface area contributed by atoms with E-state index in [0.29, 0.717) is 27.7 Å². The van der Waals surface area contributed by atoms with Crippen LogP contribution >= 0.6 is 11.6 Å². The van der Waals surface area contributed by atoms with Gasteiger partial charge in [-0.25, -0.2) is 4.98 Å². The van der Waals surface area contributed by atoms with Crippen molar-refractivity contribution in [2.24, 2.45) is 4.99 Å². The Morgan fingerprint density at radius 1 is 1.03 bits per heavy atom. The predicted octanol–water partition coefficient (Wildman–Crippen LogP) is 4.29. The molecule has 0 bridgehead atoms. The number of halogens is 1. The molecule has 2 aromatic carbocycles. The van der Waals surface area contributed by atoms with Crippen LogP contribution in [-0.2, 0) is 0 Å². The molecule has 8 heteroatoms. The van der Waals surface area contributed by atoms with E-state index in [4.69, 9.17) is 11.6 Å². The molecular formula is C24H22ClN5O2. The number of carbonyl (C=O) groups is 2. The van der Waals surface area contributed by atoms with E-state index < -0.39 is 0 Å². The molecule has 0 saturated heterocycles. The highest BCUT2D eigenvalue weighted by molar-refractivity contribution is 6.30. The lowest BCUT2D eigenvalue weighted by Gasteiger charge is -2.13. The standard InChI is InChI=1S/C24H22ClN5O2/c1-14-3-9-20(19(11-14)24(32)30-21-10-8-18(25)13-26-21)29-23(31)17-6-4-16(5-7-17)22-27-12-15(2)28-22/h3-11,13,15H,12H2,1-2H3,(H,27,28)(H,29,31)(H,26,30,32). The first-order valence-corrected chi connectivity index (χ1v) is 10.5. The van der Waals surface area contributed by atoms with E-state index in [1.165, 1.54) is 6.20 Å². The Balaban J connectivity index is 1.51. The maximum Gasteiger partial charge on any atom is 0.258 e. The first-order valence-electron chi connectivity index (χ1n) is 10.2. The van der Waals surface area contributed by atoms with Gasteiger partial charge >= 0.3 is 0 Å². The molecule has 162 valence electrons. The van der Waals surface area contributed by atoms with Gasteiger partial charge in [0.05, 0.1) is 22.3 Å². The fourth-order valence-electron chi connectivity index (χ4n) is 3.29. The lowest BCUT2D eigenvalue weighted by atomic mass is 10.1. The molecule has 2 amide bonds. The number of aryl methyl sites for hydroxylation is 1. The molecule has 1 aromatic heterocycles. The highest BCUT2D eigenvalue weighted by Crippen LogP contribution is 2.21. The first-order chi connectivity index (χ1) is 15.4. The Kier molecular flexibility index (Phi) is 6.18. The maximum absolute atomic E-state index is 12.9. The molecule has 0 fully saturated rings. The van der Waals surface area contributed by atoms with Gasteiger partial charge in [0.2, 0.25) is 0 Å². The van der Waals surface area contributed by atoms with Crippen molar-refractivity contribution >= 4 is 40.8 Å². The van der Waals surface area contributed by atoms with Gasteiger partial charge in [0, 0.05) is 23.9 Å². The number of amides is 2. The molecule has 3 N–H and O–H groups in total. The number of carbonyl (C=O) groups excluding carboxylic acids is 2. The van der Waals surface area contributed by atoms with Crippen LogP contribution in [0.2, 0.25) is 5.02 Å². The van der Waals surface area contributed by atoms with Gasteiger partial charge in [-0.3, -0.25) is 14.6 Å². The summed E-state index contributed by atoms with van der Waals surface area (Å²) < 4.78 is 0. The summed E-state index contributed by atoms with van der Waals surface area (Å²) in [7, 11) is 0. The quantitative estimate of drug-likeness (QED) is 0.543. The van der Waals surface area contributed by atoms with Crippen molar-refractivity contribution in [3.63, 3.8) is 0 Å². The van der Waals surface area contributed by atoms with E-state index in [1.807, 2.05) is 32.0 Å². The van der Waals surface area contributed by atoms with Gasteiger partial charge in [0.1, 0.15) is 11.7 Å². The largest absolute Gasteiger partial charge is 0.368 e. The number of amidine groups is 1. The van der Waals surface area contributed by atoms with Gasteiger partial charge in [-0.15, -0.1) is 0 Å². The molecule has 0 spiro atoms. The summed E-state index contributed by atoms with van der Waals surface area (Å²) in [5.74, 6) is 0.506. The third-order valence-electron chi connectivity index (χ3n) is 4.97. The van der Waals surface area contributed by atoms with Crippen LogP contribution in [0.4, 0.5) is 11.5 Å². The monoisotopic (exact) mass is 447 g/mol. The van der Waals surface area contributed by atoms with Crippen molar-refractivity contribution in [1.29, 1.82) is 0 Å². The third kappa shape index (κ3) is 4.95. The molecule has 1 aliphatic heterocycles. The first kappa shape index (κ1) is 21.5. The number of nitrogens with one attached hydrogen (secondary N) is 3. The molecule has 1 aliphatic rings. The number of anilines is 2. The van der Waals surface area contributed by atoms with Crippen LogP contribution in [0.5, 0.6) is 0 Å². The third-order valence-corrected chi connectivity index (χ3v) is 5.20. The van der Waals surface area contributed by atoms with E-state index >= 15 is 0 Å². The number of aliphatic imine (C=N–C) groups is 1. The molecule has 7 nitrogen and oxygen atoms in total. The van der Waals surface area contributed by atoms with Gasteiger partial charge in [-0.05, 0) is 50.2 Å². The molecule has 0 aliphatic carbocycles. The molecule has 1 atom stereocenters. The fraction of sp³-hybridized carbons (Fsp3) is 0.167. The molecule has 32 heavy (non-hydrogen) atoms. The average molecular weight is 448 g/mol. The zero-order valence-corrected chi connectivity index (χ0v) is 18.4. The normalized spacial score (nSPS) is 15.0. The minimum absolute atomic E-state index is 0.238. The summed E-state index contributed by atoms with van der Waals surface area (Å²) >= 11 is 5.85. The van der Waals surface area contributed by atoms with E-state index in [-0.39, 0.29) is 17.9 Å². The molecule has 0 radical (unpaired) electrons. The minimum atomic E-state index is -0.381. The number of rotatable bonds is 5. The second-order valence-corrected chi connectivity index (χ2v) is 8.04. The van der Waals surface area contributed by atoms with Crippen molar-refractivity contribution < 1.29 is 9.59 Å². The molecule has 3 aromatic rings. The number of hydrogen-bond donors (Lipinski definition) is 3. The summed E-state index contributed by atoms with van der Waals surface area (Å²) in [5, 5.41) is 9.29. The number of hydrogen-bond acceptors (Lipinski definition) is 5. The van der Waals surface area contributed by atoms with Crippen LogP contribution in [0.25, 0.3) is 0 Å². The second-order valence-electron chi connectivity index (χ2n) is 7.60. The van der Waals surface area contributed by atoms with Crippen LogP contribution in [-0.4, -0.2) is 35.2 Å². The van der Waals surface area contributed by atoms with Gasteiger partial charge < -0.3 is 16.0 Å². The zero-order chi connectivity index (χ0) is 22.7. The SMILES string of the molecule is Cc1ccc(NC(=O)c2ccc(C3=NC(C)CN3)cc2)c(C(=O)Nc2ccc(Cl)cn2)c1. The van der Waals surface area contributed by atoms with Crippen LogP contribution in [0.15, 0.2) is 65.8 Å². The van der Waals surface area contributed by atoms with Crippen LogP contribution < -0.4 is 16.0 Å². The summed E-state index contributed by atoms with van der Waals surface area (Å²) in [6.45, 7) is 4.73. The van der Waals surface area contributed by atoms with Crippen molar-refractivity contribution in [1.82, 2.24) is 10.3 Å². The Hall–Kier alpha value is -3.71. The van der Waals surface area contributed by atoms with Crippen molar-refractivity contribution in [2.45, 2.75) is 19.9 Å². The number of benzene rings is 2. The average Bonchev–Trinajstić information content (AvgIpc) is 3.23. The van der Waals surface area contributed by atoms with Crippen molar-refractivity contribution in [3.05, 3.63) is 88.1 Å². The smallest absolute Gasteiger partial charge is 0.258 e. The molecular weight excluding hydrogens is 426 g/mol. The number of aromatic nitrogens is 1. The Morgan fingerprint density at radius 3 is 2.47 bits per heavy atom. The lowest BCUT2D eigenvalue weighted by Crippen LogP contribution is -2.21. The second kappa shape index (κ2) is 9.20. The summed E-state index contributed by atoms with van der Waals surface area (Å²) in [4.78, 5) is 34.3. The number of nitrogens with zero attached hydrogens (tertiary/aromatic N) is 2. The number of pyridine rings is 1. The van der Waals surface area contributed by atoms with E-state index in [1.54, 1.807) is 36.4 Å².